The second-order valence-corrected chi connectivity index (χ2v) is 3.50. The number of aromatic nitrogens is 2. The van der Waals surface area contributed by atoms with Crippen LogP contribution in [0.1, 0.15) is 11.3 Å². The van der Waals surface area contributed by atoms with Gasteiger partial charge >= 0.3 is 0 Å². The Kier molecular flexibility index (Phi) is 2.37. The summed E-state index contributed by atoms with van der Waals surface area (Å²) in [5.41, 5.74) is 2.11. The maximum Gasteiger partial charge on any atom is 0.189 e. The average molecular weight is 197 g/mol. The van der Waals surface area contributed by atoms with Crippen molar-refractivity contribution in [3.8, 4) is 0 Å². The van der Waals surface area contributed by atoms with Crippen LogP contribution in [0.2, 0.25) is 0 Å². The molecular weight excluding hydrogens is 186 g/mol. The van der Waals surface area contributed by atoms with Crippen molar-refractivity contribution >= 4 is 17.6 Å². The summed E-state index contributed by atoms with van der Waals surface area (Å²) in [5, 5.41) is 3.86. The highest BCUT2D eigenvalue weighted by Gasteiger charge is 2.18. The largest absolute Gasteiger partial charge is 0.373 e. The van der Waals surface area contributed by atoms with Gasteiger partial charge in [0.05, 0.1) is 18.9 Å². The van der Waals surface area contributed by atoms with Crippen molar-refractivity contribution in [1.82, 2.24) is 9.97 Å². The molecule has 13 heavy (non-hydrogen) atoms. The maximum absolute atomic E-state index is 5.31. The third-order valence-electron chi connectivity index (χ3n) is 1.98. The number of hydrogen-bond acceptors (Lipinski definition) is 5. The van der Waals surface area contributed by atoms with Crippen LogP contribution < -0.4 is 5.32 Å². The number of anilines is 1. The molecule has 1 N–H and O–H groups in total. The highest BCUT2D eigenvalue weighted by Crippen LogP contribution is 2.26. The van der Waals surface area contributed by atoms with Crippen molar-refractivity contribution in [2.24, 2.45) is 0 Å². The molecule has 1 aliphatic heterocycles. The van der Waals surface area contributed by atoms with E-state index in [1.54, 1.807) is 11.8 Å². The van der Waals surface area contributed by atoms with Crippen LogP contribution in [0.5, 0.6) is 0 Å². The molecule has 0 amide bonds. The third-order valence-corrected chi connectivity index (χ3v) is 2.52. The van der Waals surface area contributed by atoms with E-state index in [9.17, 15) is 0 Å². The Labute approximate surface area is 81.1 Å². The van der Waals surface area contributed by atoms with Crippen LogP contribution in [0, 0.1) is 0 Å². The predicted octanol–water partition coefficient (Wildman–Crippen LogP) is 1.27. The van der Waals surface area contributed by atoms with E-state index >= 15 is 0 Å². The van der Waals surface area contributed by atoms with Gasteiger partial charge in [-0.1, -0.05) is 11.8 Å². The van der Waals surface area contributed by atoms with Crippen molar-refractivity contribution in [3.05, 3.63) is 11.3 Å². The molecule has 5 heteroatoms. The van der Waals surface area contributed by atoms with E-state index in [0.717, 1.165) is 22.2 Å². The molecule has 0 aromatic carbocycles. The molecule has 0 atom stereocenters. The number of nitrogens with zero attached hydrogens (tertiary/aromatic N) is 2. The van der Waals surface area contributed by atoms with Gasteiger partial charge in [-0.15, -0.1) is 0 Å². The lowest BCUT2D eigenvalue weighted by atomic mass is 10.2. The first-order valence-electron chi connectivity index (χ1n) is 4.04. The number of fused-ring (bicyclic) bond motifs is 1. The molecule has 0 saturated heterocycles. The van der Waals surface area contributed by atoms with E-state index < -0.39 is 0 Å². The molecular formula is C8H11N3OS. The zero-order chi connectivity index (χ0) is 9.26. The summed E-state index contributed by atoms with van der Waals surface area (Å²) >= 11 is 1.55. The van der Waals surface area contributed by atoms with Crippen LogP contribution >= 0.6 is 11.8 Å². The van der Waals surface area contributed by atoms with Gasteiger partial charge in [-0.05, 0) is 6.26 Å². The normalized spacial score (nSPS) is 14.3. The minimum atomic E-state index is 0.611. The van der Waals surface area contributed by atoms with Crippen LogP contribution in [0.25, 0.3) is 0 Å². The van der Waals surface area contributed by atoms with Crippen LogP contribution in [0.3, 0.4) is 0 Å². The van der Waals surface area contributed by atoms with Gasteiger partial charge in [0.1, 0.15) is 5.82 Å². The van der Waals surface area contributed by atoms with E-state index in [4.69, 9.17) is 4.74 Å². The second-order valence-electron chi connectivity index (χ2n) is 2.73. The highest BCUT2D eigenvalue weighted by molar-refractivity contribution is 7.98. The molecule has 70 valence electrons. The molecule has 4 nitrogen and oxygen atoms in total. The fraction of sp³-hybridized carbons (Fsp3) is 0.500. The summed E-state index contributed by atoms with van der Waals surface area (Å²) in [4.78, 5) is 8.71. The van der Waals surface area contributed by atoms with Gasteiger partial charge in [-0.3, -0.25) is 0 Å². The standard InChI is InChI=1S/C8H11N3OS/c1-9-7-5-3-12-4-6(5)10-8(11-7)13-2/h3-4H2,1-2H3,(H,9,10,11). The highest BCUT2D eigenvalue weighted by atomic mass is 32.2. The van der Waals surface area contributed by atoms with Gasteiger partial charge in [0, 0.05) is 12.6 Å². The number of nitrogens with one attached hydrogen (secondary N) is 1. The Morgan fingerprint density at radius 1 is 1.38 bits per heavy atom. The third kappa shape index (κ3) is 1.49. The summed E-state index contributed by atoms with van der Waals surface area (Å²) in [6, 6.07) is 0. The molecule has 0 spiro atoms. The number of hydrogen-bond donors (Lipinski definition) is 1. The molecule has 0 saturated carbocycles. The molecule has 2 heterocycles. The van der Waals surface area contributed by atoms with E-state index in [1.807, 2.05) is 13.3 Å². The molecule has 1 aromatic heterocycles. The maximum atomic E-state index is 5.31. The Morgan fingerprint density at radius 3 is 2.92 bits per heavy atom. The first kappa shape index (κ1) is 8.77. The van der Waals surface area contributed by atoms with Gasteiger partial charge in [0.15, 0.2) is 5.16 Å². The lowest BCUT2D eigenvalue weighted by Crippen LogP contribution is -2.02. The number of ether oxygens (including phenoxy) is 1. The number of rotatable bonds is 2. The topological polar surface area (TPSA) is 47.0 Å². The fourth-order valence-electron chi connectivity index (χ4n) is 1.33. The van der Waals surface area contributed by atoms with Gasteiger partial charge in [-0.2, -0.15) is 0 Å². The van der Waals surface area contributed by atoms with Crippen molar-refractivity contribution in [2.45, 2.75) is 18.4 Å². The summed E-state index contributed by atoms with van der Waals surface area (Å²) in [6.45, 7) is 1.24. The molecule has 0 bridgehead atoms. The summed E-state index contributed by atoms with van der Waals surface area (Å²) < 4.78 is 5.31. The molecule has 1 aromatic rings. The van der Waals surface area contributed by atoms with Gasteiger partial charge in [-0.25, -0.2) is 9.97 Å². The first-order valence-corrected chi connectivity index (χ1v) is 5.27. The average Bonchev–Trinajstić information content (AvgIpc) is 2.63. The van der Waals surface area contributed by atoms with Crippen molar-refractivity contribution in [1.29, 1.82) is 0 Å². The quantitative estimate of drug-likeness (QED) is 0.571. The van der Waals surface area contributed by atoms with Crippen LogP contribution in [0.15, 0.2) is 5.16 Å². The van der Waals surface area contributed by atoms with Crippen molar-refractivity contribution < 1.29 is 4.74 Å². The first-order chi connectivity index (χ1) is 6.35. The van der Waals surface area contributed by atoms with E-state index in [0.29, 0.717) is 13.2 Å². The SMILES string of the molecule is CNc1nc(SC)nc2c1COC2. The van der Waals surface area contributed by atoms with E-state index in [1.165, 1.54) is 0 Å². The lowest BCUT2D eigenvalue weighted by Gasteiger charge is -2.06. The van der Waals surface area contributed by atoms with Gasteiger partial charge in [0.2, 0.25) is 0 Å². The van der Waals surface area contributed by atoms with E-state index in [-0.39, 0.29) is 0 Å². The van der Waals surface area contributed by atoms with Gasteiger partial charge in [0.25, 0.3) is 0 Å². The zero-order valence-corrected chi connectivity index (χ0v) is 8.44. The molecule has 1 aliphatic rings. The Balaban J connectivity index is 2.49. The monoisotopic (exact) mass is 197 g/mol. The fourth-order valence-corrected chi connectivity index (χ4v) is 1.71. The van der Waals surface area contributed by atoms with Gasteiger partial charge < -0.3 is 10.1 Å². The zero-order valence-electron chi connectivity index (χ0n) is 7.63. The van der Waals surface area contributed by atoms with Crippen LogP contribution in [-0.4, -0.2) is 23.3 Å². The predicted molar refractivity (Wildman–Crippen MR) is 51.9 cm³/mol. The summed E-state index contributed by atoms with van der Waals surface area (Å²) in [5.74, 6) is 0.895. The molecule has 0 radical (unpaired) electrons. The van der Waals surface area contributed by atoms with Crippen molar-refractivity contribution in [3.63, 3.8) is 0 Å². The molecule has 0 aliphatic carbocycles. The van der Waals surface area contributed by atoms with Crippen LogP contribution in [0.4, 0.5) is 5.82 Å². The molecule has 0 unspecified atom stereocenters. The summed E-state index contributed by atoms with van der Waals surface area (Å²) in [7, 11) is 1.87. The smallest absolute Gasteiger partial charge is 0.189 e. The molecule has 0 fully saturated rings. The Morgan fingerprint density at radius 2 is 2.23 bits per heavy atom. The van der Waals surface area contributed by atoms with E-state index in [2.05, 4.69) is 15.3 Å². The number of thioether (sulfide) groups is 1. The lowest BCUT2D eigenvalue weighted by molar-refractivity contribution is 0.133. The minimum absolute atomic E-state index is 0.611. The Hall–Kier alpha value is -0.810. The van der Waals surface area contributed by atoms with Crippen molar-refractivity contribution in [2.75, 3.05) is 18.6 Å². The summed E-state index contributed by atoms with van der Waals surface area (Å²) in [6.07, 6.45) is 1.97. The Bertz CT molecular complexity index is 329. The molecule has 2 rings (SSSR count). The second kappa shape index (κ2) is 3.51. The minimum Gasteiger partial charge on any atom is -0.373 e. The van der Waals surface area contributed by atoms with Crippen LogP contribution in [-0.2, 0) is 18.0 Å².